The average Bonchev–Trinajstić information content (AvgIpc) is 3.17. The van der Waals surface area contributed by atoms with E-state index >= 15 is 0 Å². The highest BCUT2D eigenvalue weighted by Crippen LogP contribution is 2.38. The molecule has 0 saturated carbocycles. The van der Waals surface area contributed by atoms with Gasteiger partial charge in [0.25, 0.3) is 0 Å². The SMILES string of the molecule is Cc1ccc(-c2ccc(-c3nc(-c4ccccc4)nc(-c4ccc(-c5c6ccccc6nc6c5ccc5ccccc56)cc4)n3)cc2)c(C)n1. The molecule has 0 saturated heterocycles. The molecule has 0 aliphatic rings. The lowest BCUT2D eigenvalue weighted by Gasteiger charge is -2.14. The fraction of sp³-hybridized carbons (Fsp3) is 0.0444. The molecule has 9 rings (SSSR count). The Morgan fingerprint density at radius 1 is 0.360 bits per heavy atom. The summed E-state index contributed by atoms with van der Waals surface area (Å²) in [5.41, 5.74) is 11.3. The summed E-state index contributed by atoms with van der Waals surface area (Å²) in [6.07, 6.45) is 0. The first kappa shape index (κ1) is 29.5. The van der Waals surface area contributed by atoms with Crippen LogP contribution in [-0.4, -0.2) is 24.9 Å². The molecule has 9 aromatic rings. The fourth-order valence-electron chi connectivity index (χ4n) is 6.86. The van der Waals surface area contributed by atoms with E-state index in [1.807, 2.05) is 50.2 Å². The van der Waals surface area contributed by atoms with Crippen molar-refractivity contribution in [3.63, 3.8) is 0 Å². The molecule has 3 heterocycles. The van der Waals surface area contributed by atoms with Gasteiger partial charge in [0.1, 0.15) is 0 Å². The van der Waals surface area contributed by atoms with Gasteiger partial charge in [-0.15, -0.1) is 0 Å². The number of rotatable bonds is 5. The van der Waals surface area contributed by atoms with Crippen LogP contribution in [0, 0.1) is 13.8 Å². The van der Waals surface area contributed by atoms with E-state index in [4.69, 9.17) is 19.9 Å². The van der Waals surface area contributed by atoms with Crippen molar-refractivity contribution in [2.45, 2.75) is 13.8 Å². The lowest BCUT2D eigenvalue weighted by Crippen LogP contribution is -2.00. The molecule has 0 fully saturated rings. The number of fused-ring (bicyclic) bond motifs is 4. The van der Waals surface area contributed by atoms with Crippen LogP contribution in [0.15, 0.2) is 152 Å². The maximum absolute atomic E-state index is 5.13. The summed E-state index contributed by atoms with van der Waals surface area (Å²) in [5.74, 6) is 1.88. The van der Waals surface area contributed by atoms with Gasteiger partial charge < -0.3 is 0 Å². The molecule has 0 spiro atoms. The summed E-state index contributed by atoms with van der Waals surface area (Å²) < 4.78 is 0. The lowest BCUT2D eigenvalue weighted by molar-refractivity contribution is 1.07. The molecule has 0 N–H and O–H groups in total. The summed E-state index contributed by atoms with van der Waals surface area (Å²) in [6.45, 7) is 4.06. The minimum absolute atomic E-state index is 0.624. The third kappa shape index (κ3) is 5.26. The fourth-order valence-corrected chi connectivity index (χ4v) is 6.86. The Balaban J connectivity index is 1.15. The standard InChI is InChI=1S/C45H31N5/c1-28-16-26-36(29(2)46-28)31-17-21-34(22-18-31)44-48-43(33-11-4-3-5-12-33)49-45(50-44)35-23-19-32(20-24-35)41-38-14-8-9-15-40(38)47-42-37-13-7-6-10-30(37)25-27-39(41)42/h3-27H,1-2H3. The third-order valence-electron chi connectivity index (χ3n) is 9.35. The molecule has 0 aliphatic carbocycles. The van der Waals surface area contributed by atoms with Crippen LogP contribution in [0.2, 0.25) is 0 Å². The van der Waals surface area contributed by atoms with Gasteiger partial charge in [-0.3, -0.25) is 4.98 Å². The largest absolute Gasteiger partial charge is 0.258 e. The van der Waals surface area contributed by atoms with Crippen molar-refractivity contribution in [2.75, 3.05) is 0 Å². The van der Waals surface area contributed by atoms with Crippen molar-refractivity contribution in [3.8, 4) is 56.4 Å². The highest BCUT2D eigenvalue weighted by Gasteiger charge is 2.16. The molecule has 0 amide bonds. The first-order chi connectivity index (χ1) is 24.6. The normalized spacial score (nSPS) is 11.4. The molecule has 0 aliphatic heterocycles. The molecule has 3 aromatic heterocycles. The second-order valence-electron chi connectivity index (χ2n) is 12.6. The lowest BCUT2D eigenvalue weighted by atomic mass is 9.93. The summed E-state index contributed by atoms with van der Waals surface area (Å²) in [4.78, 5) is 24.7. The van der Waals surface area contributed by atoms with Crippen molar-refractivity contribution in [3.05, 3.63) is 163 Å². The monoisotopic (exact) mass is 641 g/mol. The number of aryl methyl sites for hydroxylation is 2. The molecular weight excluding hydrogens is 611 g/mol. The molecule has 0 radical (unpaired) electrons. The van der Waals surface area contributed by atoms with E-state index in [9.17, 15) is 0 Å². The maximum atomic E-state index is 5.13. The Bertz CT molecular complexity index is 2700. The van der Waals surface area contributed by atoms with Crippen molar-refractivity contribution >= 4 is 32.6 Å². The minimum Gasteiger partial charge on any atom is -0.258 e. The molecular formula is C45H31N5. The van der Waals surface area contributed by atoms with Crippen LogP contribution in [0.4, 0.5) is 0 Å². The Morgan fingerprint density at radius 3 is 1.60 bits per heavy atom. The van der Waals surface area contributed by atoms with Crippen LogP contribution in [0.1, 0.15) is 11.4 Å². The van der Waals surface area contributed by atoms with Gasteiger partial charge in [0.2, 0.25) is 0 Å². The van der Waals surface area contributed by atoms with Gasteiger partial charge in [-0.05, 0) is 42.5 Å². The first-order valence-corrected chi connectivity index (χ1v) is 16.8. The Labute approximate surface area is 290 Å². The Morgan fingerprint density at radius 2 is 0.920 bits per heavy atom. The van der Waals surface area contributed by atoms with Crippen molar-refractivity contribution in [2.24, 2.45) is 0 Å². The predicted octanol–water partition coefficient (Wildman–Crippen LogP) is 11.1. The zero-order valence-electron chi connectivity index (χ0n) is 27.7. The van der Waals surface area contributed by atoms with E-state index < -0.39 is 0 Å². The molecule has 5 nitrogen and oxygen atoms in total. The van der Waals surface area contributed by atoms with Gasteiger partial charge in [0.15, 0.2) is 17.5 Å². The van der Waals surface area contributed by atoms with Crippen molar-refractivity contribution in [1.29, 1.82) is 0 Å². The van der Waals surface area contributed by atoms with E-state index in [-0.39, 0.29) is 0 Å². The number of para-hydroxylation sites is 1. The molecule has 236 valence electrons. The Kier molecular flexibility index (Phi) is 7.17. The maximum Gasteiger partial charge on any atom is 0.164 e. The van der Waals surface area contributed by atoms with Gasteiger partial charge in [-0.2, -0.15) is 0 Å². The first-order valence-electron chi connectivity index (χ1n) is 16.8. The van der Waals surface area contributed by atoms with Crippen LogP contribution < -0.4 is 0 Å². The predicted molar refractivity (Wildman–Crippen MR) is 205 cm³/mol. The summed E-state index contributed by atoms with van der Waals surface area (Å²) in [6, 6.07) is 52.4. The highest BCUT2D eigenvalue weighted by molar-refractivity contribution is 6.16. The molecule has 0 unspecified atom stereocenters. The molecule has 0 atom stereocenters. The third-order valence-corrected chi connectivity index (χ3v) is 9.35. The highest BCUT2D eigenvalue weighted by atomic mass is 15.0. The van der Waals surface area contributed by atoms with E-state index in [0.717, 1.165) is 72.0 Å². The van der Waals surface area contributed by atoms with Crippen LogP contribution >= 0.6 is 0 Å². The Hall–Kier alpha value is -6.59. The van der Waals surface area contributed by atoms with Gasteiger partial charge in [0, 0.05) is 55.4 Å². The molecule has 6 aromatic carbocycles. The zero-order valence-corrected chi connectivity index (χ0v) is 27.7. The minimum atomic E-state index is 0.624. The quantitative estimate of drug-likeness (QED) is 0.138. The van der Waals surface area contributed by atoms with Crippen LogP contribution in [0.5, 0.6) is 0 Å². The number of aromatic nitrogens is 5. The topological polar surface area (TPSA) is 64.5 Å². The van der Waals surface area contributed by atoms with E-state index in [0.29, 0.717) is 17.5 Å². The van der Waals surface area contributed by atoms with E-state index in [1.54, 1.807) is 0 Å². The van der Waals surface area contributed by atoms with Crippen LogP contribution in [0.25, 0.3) is 89.0 Å². The van der Waals surface area contributed by atoms with Gasteiger partial charge in [-0.25, -0.2) is 19.9 Å². The van der Waals surface area contributed by atoms with Gasteiger partial charge in [-0.1, -0.05) is 140 Å². The van der Waals surface area contributed by atoms with Crippen molar-refractivity contribution in [1.82, 2.24) is 24.9 Å². The number of hydrogen-bond donors (Lipinski definition) is 0. The second kappa shape index (κ2) is 12.1. The van der Waals surface area contributed by atoms with Crippen LogP contribution in [0.3, 0.4) is 0 Å². The number of nitrogens with zero attached hydrogens (tertiary/aromatic N) is 5. The average molecular weight is 642 g/mol. The summed E-state index contributed by atoms with van der Waals surface area (Å²) >= 11 is 0. The molecule has 5 heteroatoms. The van der Waals surface area contributed by atoms with Gasteiger partial charge >= 0.3 is 0 Å². The van der Waals surface area contributed by atoms with E-state index in [2.05, 4.69) is 120 Å². The summed E-state index contributed by atoms with van der Waals surface area (Å²) in [7, 11) is 0. The van der Waals surface area contributed by atoms with Crippen molar-refractivity contribution < 1.29 is 0 Å². The number of pyridine rings is 2. The number of hydrogen-bond acceptors (Lipinski definition) is 5. The molecule has 0 bridgehead atoms. The second-order valence-corrected chi connectivity index (χ2v) is 12.6. The van der Waals surface area contributed by atoms with E-state index in [1.165, 1.54) is 10.9 Å². The van der Waals surface area contributed by atoms with Crippen LogP contribution in [-0.2, 0) is 0 Å². The number of benzene rings is 6. The molecule has 50 heavy (non-hydrogen) atoms. The van der Waals surface area contributed by atoms with Gasteiger partial charge in [0.05, 0.1) is 11.0 Å². The summed E-state index contributed by atoms with van der Waals surface area (Å²) in [5, 5.41) is 4.58. The zero-order chi connectivity index (χ0) is 33.6. The smallest absolute Gasteiger partial charge is 0.164 e.